The first-order valence-electron chi connectivity index (χ1n) is 1.73. The van der Waals surface area contributed by atoms with E-state index in [2.05, 4.69) is 25.3 Å². The molecule has 0 atom stereocenters. The highest BCUT2D eigenvalue weighted by Crippen LogP contribution is 2.02. The summed E-state index contributed by atoms with van der Waals surface area (Å²) in [7, 11) is 0. The summed E-state index contributed by atoms with van der Waals surface area (Å²) in [4.78, 5) is 10.1. The van der Waals surface area contributed by atoms with Crippen LogP contribution in [0.3, 0.4) is 0 Å². The average Bonchev–Trinajstić information content (AvgIpc) is 1.27. The molecule has 0 saturated carbocycles. The van der Waals surface area contributed by atoms with Crippen molar-refractivity contribution in [3.8, 4) is 0 Å². The van der Waals surface area contributed by atoms with Crippen LogP contribution in [0.1, 0.15) is 6.92 Å². The van der Waals surface area contributed by atoms with Gasteiger partial charge in [0.05, 0.1) is 0 Å². The predicted octanol–water partition coefficient (Wildman–Crippen LogP) is 1.28. The number of rotatable bonds is 1. The van der Waals surface area contributed by atoms with E-state index in [1.54, 1.807) is 0 Å². The Bertz CT molecular complexity index is 102. The Hall–Kier alpha value is 0.110. The van der Waals surface area contributed by atoms with E-state index in [0.29, 0.717) is 4.24 Å². The van der Waals surface area contributed by atoms with E-state index < -0.39 is 0 Å². The molecule has 0 radical (unpaired) electrons. The van der Waals surface area contributed by atoms with E-state index in [0.717, 1.165) is 0 Å². The zero-order chi connectivity index (χ0) is 5.86. The zero-order valence-corrected chi connectivity index (χ0v) is 5.67. The van der Waals surface area contributed by atoms with Gasteiger partial charge in [0.25, 0.3) is 0 Å². The van der Waals surface area contributed by atoms with Gasteiger partial charge in [0, 0.05) is 10.3 Å². The van der Waals surface area contributed by atoms with Gasteiger partial charge in [0.2, 0.25) is 0 Å². The second kappa shape index (κ2) is 3.16. The summed E-state index contributed by atoms with van der Waals surface area (Å²) < 4.78 is 0.451. The minimum Gasteiger partial charge on any atom is -0.295 e. The number of hydrogen-bond acceptors (Lipinski definition) is 3. The highest BCUT2D eigenvalue weighted by atomic mass is 32.2. The summed E-state index contributed by atoms with van der Waals surface area (Å²) >= 11 is 7.48. The molecule has 7 heavy (non-hydrogen) atoms. The van der Waals surface area contributed by atoms with Crippen LogP contribution >= 0.6 is 25.3 Å². The minimum atomic E-state index is -0.0278. The summed E-state index contributed by atoms with van der Waals surface area (Å²) in [6, 6.07) is 0. The molecule has 0 bridgehead atoms. The van der Waals surface area contributed by atoms with Crippen molar-refractivity contribution < 1.29 is 4.79 Å². The van der Waals surface area contributed by atoms with Crippen LogP contribution in [-0.4, -0.2) is 5.78 Å². The van der Waals surface area contributed by atoms with Gasteiger partial charge in [-0.3, -0.25) is 4.79 Å². The number of carbonyl (C=O) groups excluding carboxylic acids is 1. The van der Waals surface area contributed by atoms with Crippen molar-refractivity contribution in [3.63, 3.8) is 0 Å². The van der Waals surface area contributed by atoms with Gasteiger partial charge in [0.15, 0.2) is 5.78 Å². The molecule has 0 saturated heterocycles. The Kier molecular flexibility index (Phi) is 3.21. The first-order valence-corrected chi connectivity index (χ1v) is 2.62. The fourth-order valence-electron chi connectivity index (χ4n) is 0.182. The molecule has 3 heteroatoms. The monoisotopic (exact) mass is 134 g/mol. The standard InChI is InChI=1S/C4H6OS2/c1-3(5)2-4(6)7/h2,6-7H,1H3. The van der Waals surface area contributed by atoms with E-state index >= 15 is 0 Å². The number of carbonyl (C=O) groups is 1. The lowest BCUT2D eigenvalue weighted by Gasteiger charge is -1.78. The molecule has 0 aliphatic rings. The molecule has 0 fully saturated rings. The molecule has 0 spiro atoms. The van der Waals surface area contributed by atoms with Crippen LogP contribution in [0.5, 0.6) is 0 Å². The van der Waals surface area contributed by atoms with Crippen molar-refractivity contribution >= 4 is 31.0 Å². The molecular formula is C4H6OS2. The third kappa shape index (κ3) is 6.11. The summed E-state index contributed by atoms with van der Waals surface area (Å²) in [6.45, 7) is 1.45. The van der Waals surface area contributed by atoms with Gasteiger partial charge in [-0.25, -0.2) is 0 Å². The van der Waals surface area contributed by atoms with Crippen molar-refractivity contribution in [1.29, 1.82) is 0 Å². The summed E-state index contributed by atoms with van der Waals surface area (Å²) in [5, 5.41) is 0. The topological polar surface area (TPSA) is 17.1 Å². The molecule has 0 aliphatic carbocycles. The molecule has 0 heterocycles. The first kappa shape index (κ1) is 7.11. The lowest BCUT2D eigenvalue weighted by molar-refractivity contribution is -0.112. The Balaban J connectivity index is 3.68. The molecule has 0 rings (SSSR count). The third-order valence-corrected chi connectivity index (χ3v) is 0.591. The molecule has 0 aromatic rings. The third-order valence-electron chi connectivity index (χ3n) is 0.332. The van der Waals surface area contributed by atoms with E-state index in [4.69, 9.17) is 0 Å². The van der Waals surface area contributed by atoms with Gasteiger partial charge in [0.1, 0.15) is 0 Å². The van der Waals surface area contributed by atoms with Gasteiger partial charge in [-0.15, -0.1) is 25.3 Å². The van der Waals surface area contributed by atoms with Crippen LogP contribution in [0.2, 0.25) is 0 Å². The maximum atomic E-state index is 10.1. The minimum absolute atomic E-state index is 0.0278. The van der Waals surface area contributed by atoms with Crippen LogP contribution in [0, 0.1) is 0 Å². The van der Waals surface area contributed by atoms with Crippen molar-refractivity contribution in [2.45, 2.75) is 6.92 Å². The fraction of sp³-hybridized carbons (Fsp3) is 0.250. The van der Waals surface area contributed by atoms with Crippen LogP contribution in [0.25, 0.3) is 0 Å². The zero-order valence-electron chi connectivity index (χ0n) is 3.88. The summed E-state index contributed by atoms with van der Waals surface area (Å²) in [5.41, 5.74) is 0. The number of allylic oxidation sites excluding steroid dienone is 1. The lowest BCUT2D eigenvalue weighted by atomic mass is 10.5. The Morgan fingerprint density at radius 2 is 2.00 bits per heavy atom. The Morgan fingerprint density at radius 3 is 2.00 bits per heavy atom. The Morgan fingerprint density at radius 1 is 1.57 bits per heavy atom. The second-order valence-corrected chi connectivity index (χ2v) is 2.43. The summed E-state index contributed by atoms with van der Waals surface area (Å²) in [6.07, 6.45) is 1.34. The molecule has 0 aliphatic heterocycles. The van der Waals surface area contributed by atoms with Gasteiger partial charge in [-0.05, 0) is 6.92 Å². The van der Waals surface area contributed by atoms with Crippen LogP contribution in [-0.2, 0) is 4.79 Å². The molecule has 0 amide bonds. The van der Waals surface area contributed by atoms with Crippen LogP contribution in [0.15, 0.2) is 10.3 Å². The molecule has 0 aromatic heterocycles. The van der Waals surface area contributed by atoms with E-state index in [-0.39, 0.29) is 5.78 Å². The van der Waals surface area contributed by atoms with E-state index in [1.807, 2.05) is 0 Å². The van der Waals surface area contributed by atoms with Crippen molar-refractivity contribution in [2.24, 2.45) is 0 Å². The lowest BCUT2D eigenvalue weighted by Crippen LogP contribution is -1.78. The molecular weight excluding hydrogens is 128 g/mol. The predicted molar refractivity (Wildman–Crippen MR) is 36.7 cm³/mol. The van der Waals surface area contributed by atoms with Gasteiger partial charge < -0.3 is 0 Å². The fourth-order valence-corrected chi connectivity index (χ4v) is 0.545. The van der Waals surface area contributed by atoms with Crippen LogP contribution < -0.4 is 0 Å². The number of ketones is 1. The highest BCUT2D eigenvalue weighted by Gasteiger charge is 1.82. The molecule has 40 valence electrons. The SMILES string of the molecule is CC(=O)C=C(S)S. The first-order chi connectivity index (χ1) is 3.13. The van der Waals surface area contributed by atoms with E-state index in [1.165, 1.54) is 13.0 Å². The van der Waals surface area contributed by atoms with Gasteiger partial charge in [-0.2, -0.15) is 0 Å². The Labute approximate surface area is 53.6 Å². The maximum absolute atomic E-state index is 10.1. The summed E-state index contributed by atoms with van der Waals surface area (Å²) in [5.74, 6) is -0.0278. The number of thiol groups is 2. The van der Waals surface area contributed by atoms with E-state index in [9.17, 15) is 4.79 Å². The largest absolute Gasteiger partial charge is 0.295 e. The van der Waals surface area contributed by atoms with Crippen LogP contribution in [0.4, 0.5) is 0 Å². The van der Waals surface area contributed by atoms with Crippen molar-refractivity contribution in [2.75, 3.05) is 0 Å². The number of hydrogen-bond donors (Lipinski definition) is 2. The van der Waals surface area contributed by atoms with Crippen molar-refractivity contribution in [3.05, 3.63) is 10.3 Å². The smallest absolute Gasteiger partial charge is 0.154 e. The van der Waals surface area contributed by atoms with Gasteiger partial charge in [-0.1, -0.05) is 0 Å². The van der Waals surface area contributed by atoms with Gasteiger partial charge >= 0.3 is 0 Å². The molecule has 0 unspecified atom stereocenters. The molecule has 0 N–H and O–H groups in total. The average molecular weight is 134 g/mol. The quantitative estimate of drug-likeness (QED) is 0.408. The highest BCUT2D eigenvalue weighted by molar-refractivity contribution is 8.05. The molecule has 0 aromatic carbocycles. The second-order valence-electron chi connectivity index (χ2n) is 1.11. The van der Waals surface area contributed by atoms with Crippen molar-refractivity contribution in [1.82, 2.24) is 0 Å². The molecule has 1 nitrogen and oxygen atoms in total. The maximum Gasteiger partial charge on any atom is 0.154 e. The normalized spacial score (nSPS) is 7.86.